The van der Waals surface area contributed by atoms with Crippen LogP contribution in [0.4, 0.5) is 0 Å². The molecule has 86 valence electrons. The maximum absolute atomic E-state index is 9.99. The molecule has 0 amide bonds. The molecule has 1 N–H and O–H groups in total. The molecule has 2 aliphatic carbocycles. The highest BCUT2D eigenvalue weighted by Crippen LogP contribution is 2.43. The molecule has 0 aromatic heterocycles. The molecule has 0 spiro atoms. The summed E-state index contributed by atoms with van der Waals surface area (Å²) in [7, 11) is 0. The molecule has 0 radical (unpaired) electrons. The van der Waals surface area contributed by atoms with Gasteiger partial charge in [-0.3, -0.25) is 0 Å². The van der Waals surface area contributed by atoms with Crippen molar-refractivity contribution in [2.75, 3.05) is 0 Å². The van der Waals surface area contributed by atoms with Crippen molar-refractivity contribution < 1.29 is 5.11 Å². The number of rotatable bonds is 3. The van der Waals surface area contributed by atoms with Crippen LogP contribution in [0.5, 0.6) is 0 Å². The van der Waals surface area contributed by atoms with E-state index in [9.17, 15) is 5.11 Å². The van der Waals surface area contributed by atoms with Crippen LogP contribution >= 0.6 is 0 Å². The molecule has 15 heavy (non-hydrogen) atoms. The molecule has 0 aliphatic heterocycles. The SMILES string of the molecule is C=CCC(O)C1CCC2CCCCC2C1. The number of aliphatic hydroxyl groups excluding tert-OH is 1. The Morgan fingerprint density at radius 1 is 1.13 bits per heavy atom. The van der Waals surface area contributed by atoms with E-state index >= 15 is 0 Å². The molecule has 0 bridgehead atoms. The van der Waals surface area contributed by atoms with Crippen molar-refractivity contribution in [1.29, 1.82) is 0 Å². The van der Waals surface area contributed by atoms with Gasteiger partial charge in [-0.1, -0.05) is 31.8 Å². The first kappa shape index (κ1) is 11.2. The van der Waals surface area contributed by atoms with Crippen molar-refractivity contribution in [2.24, 2.45) is 17.8 Å². The fraction of sp³-hybridized carbons (Fsp3) is 0.857. The highest BCUT2D eigenvalue weighted by molar-refractivity contribution is 4.87. The Morgan fingerprint density at radius 2 is 1.87 bits per heavy atom. The van der Waals surface area contributed by atoms with E-state index in [4.69, 9.17) is 0 Å². The fourth-order valence-corrected chi connectivity index (χ4v) is 3.62. The van der Waals surface area contributed by atoms with Crippen molar-refractivity contribution in [1.82, 2.24) is 0 Å². The van der Waals surface area contributed by atoms with Gasteiger partial charge >= 0.3 is 0 Å². The molecule has 1 heteroatoms. The number of hydrogen-bond acceptors (Lipinski definition) is 1. The quantitative estimate of drug-likeness (QED) is 0.703. The van der Waals surface area contributed by atoms with Crippen LogP contribution in [0.3, 0.4) is 0 Å². The van der Waals surface area contributed by atoms with Gasteiger partial charge in [0, 0.05) is 0 Å². The van der Waals surface area contributed by atoms with E-state index in [1.807, 2.05) is 6.08 Å². The van der Waals surface area contributed by atoms with Gasteiger partial charge in [0.25, 0.3) is 0 Å². The second kappa shape index (κ2) is 5.16. The van der Waals surface area contributed by atoms with Crippen molar-refractivity contribution >= 4 is 0 Å². The van der Waals surface area contributed by atoms with Gasteiger partial charge in [0.2, 0.25) is 0 Å². The van der Waals surface area contributed by atoms with E-state index in [0.717, 1.165) is 18.3 Å². The van der Waals surface area contributed by atoms with Gasteiger partial charge in [-0.25, -0.2) is 0 Å². The average molecular weight is 208 g/mol. The number of aliphatic hydroxyl groups is 1. The van der Waals surface area contributed by atoms with Crippen LogP contribution < -0.4 is 0 Å². The Morgan fingerprint density at radius 3 is 2.60 bits per heavy atom. The summed E-state index contributed by atoms with van der Waals surface area (Å²) in [6.07, 6.45) is 12.1. The van der Waals surface area contributed by atoms with Gasteiger partial charge in [-0.05, 0) is 43.4 Å². The number of hydrogen-bond donors (Lipinski definition) is 1. The molecule has 4 atom stereocenters. The summed E-state index contributed by atoms with van der Waals surface area (Å²) in [5, 5.41) is 9.99. The zero-order valence-electron chi connectivity index (χ0n) is 9.70. The lowest BCUT2D eigenvalue weighted by Gasteiger charge is -2.40. The third kappa shape index (κ3) is 2.63. The highest BCUT2D eigenvalue weighted by atomic mass is 16.3. The molecule has 2 rings (SSSR count). The lowest BCUT2D eigenvalue weighted by atomic mass is 9.66. The van der Waals surface area contributed by atoms with Crippen LogP contribution in [-0.4, -0.2) is 11.2 Å². The smallest absolute Gasteiger partial charge is 0.0602 e. The maximum Gasteiger partial charge on any atom is 0.0602 e. The van der Waals surface area contributed by atoms with E-state index in [2.05, 4.69) is 6.58 Å². The van der Waals surface area contributed by atoms with E-state index in [1.165, 1.54) is 44.9 Å². The topological polar surface area (TPSA) is 20.2 Å². The zero-order valence-corrected chi connectivity index (χ0v) is 9.70. The Labute approximate surface area is 93.6 Å². The lowest BCUT2D eigenvalue weighted by molar-refractivity contribution is 0.0375. The summed E-state index contributed by atoms with van der Waals surface area (Å²) < 4.78 is 0. The van der Waals surface area contributed by atoms with Gasteiger partial charge < -0.3 is 5.11 Å². The Kier molecular flexibility index (Phi) is 3.85. The standard InChI is InChI=1S/C14H24O/c1-2-5-14(15)13-9-8-11-6-3-4-7-12(11)10-13/h2,11-15H,1,3-10H2. The molecule has 0 saturated heterocycles. The molecule has 4 unspecified atom stereocenters. The normalized spacial score (nSPS) is 38.1. The second-order valence-corrected chi connectivity index (χ2v) is 5.47. The molecular formula is C14H24O. The van der Waals surface area contributed by atoms with Crippen LogP contribution in [0.15, 0.2) is 12.7 Å². The van der Waals surface area contributed by atoms with Crippen LogP contribution in [0.2, 0.25) is 0 Å². The minimum absolute atomic E-state index is 0.120. The Hall–Kier alpha value is -0.300. The van der Waals surface area contributed by atoms with Crippen LogP contribution in [0.25, 0.3) is 0 Å². The summed E-state index contributed by atoms with van der Waals surface area (Å²) in [5.41, 5.74) is 0. The summed E-state index contributed by atoms with van der Waals surface area (Å²) >= 11 is 0. The third-order valence-corrected chi connectivity index (χ3v) is 4.53. The third-order valence-electron chi connectivity index (χ3n) is 4.53. The largest absolute Gasteiger partial charge is 0.393 e. The van der Waals surface area contributed by atoms with Gasteiger partial charge in [-0.2, -0.15) is 0 Å². The van der Waals surface area contributed by atoms with Gasteiger partial charge in [0.1, 0.15) is 0 Å². The Balaban J connectivity index is 1.87. The average Bonchev–Trinajstić information content (AvgIpc) is 2.29. The molecule has 2 fully saturated rings. The fourth-order valence-electron chi connectivity index (χ4n) is 3.62. The molecule has 0 aromatic rings. The Bertz CT molecular complexity index is 211. The predicted molar refractivity (Wildman–Crippen MR) is 63.6 cm³/mol. The van der Waals surface area contributed by atoms with Crippen molar-refractivity contribution in [3.63, 3.8) is 0 Å². The van der Waals surface area contributed by atoms with E-state index in [0.29, 0.717) is 5.92 Å². The van der Waals surface area contributed by atoms with Gasteiger partial charge in [0.15, 0.2) is 0 Å². The van der Waals surface area contributed by atoms with Crippen molar-refractivity contribution in [3.8, 4) is 0 Å². The maximum atomic E-state index is 9.99. The minimum atomic E-state index is -0.120. The van der Waals surface area contributed by atoms with E-state index in [-0.39, 0.29) is 6.10 Å². The predicted octanol–water partition coefficient (Wildman–Crippen LogP) is 3.53. The lowest BCUT2D eigenvalue weighted by Crippen LogP contribution is -2.33. The van der Waals surface area contributed by atoms with Crippen molar-refractivity contribution in [3.05, 3.63) is 12.7 Å². The molecule has 2 saturated carbocycles. The molecule has 0 aromatic carbocycles. The summed E-state index contributed by atoms with van der Waals surface area (Å²) in [6, 6.07) is 0. The summed E-state index contributed by atoms with van der Waals surface area (Å²) in [5.74, 6) is 2.48. The minimum Gasteiger partial charge on any atom is -0.393 e. The van der Waals surface area contributed by atoms with Gasteiger partial charge in [-0.15, -0.1) is 6.58 Å². The zero-order chi connectivity index (χ0) is 10.7. The van der Waals surface area contributed by atoms with Crippen molar-refractivity contribution in [2.45, 2.75) is 57.5 Å². The highest BCUT2D eigenvalue weighted by Gasteiger charge is 2.34. The summed E-state index contributed by atoms with van der Waals surface area (Å²) in [4.78, 5) is 0. The van der Waals surface area contributed by atoms with Crippen LogP contribution in [-0.2, 0) is 0 Å². The summed E-state index contributed by atoms with van der Waals surface area (Å²) in [6.45, 7) is 3.72. The monoisotopic (exact) mass is 208 g/mol. The van der Waals surface area contributed by atoms with Gasteiger partial charge in [0.05, 0.1) is 6.10 Å². The van der Waals surface area contributed by atoms with Crippen LogP contribution in [0.1, 0.15) is 51.4 Å². The van der Waals surface area contributed by atoms with E-state index in [1.54, 1.807) is 0 Å². The first-order valence-electron chi connectivity index (χ1n) is 6.60. The first-order chi connectivity index (χ1) is 7.31. The second-order valence-electron chi connectivity index (χ2n) is 5.47. The molecule has 1 nitrogen and oxygen atoms in total. The number of fused-ring (bicyclic) bond motifs is 1. The van der Waals surface area contributed by atoms with E-state index < -0.39 is 0 Å². The first-order valence-corrected chi connectivity index (χ1v) is 6.60. The molecule has 2 aliphatic rings. The molecular weight excluding hydrogens is 184 g/mol. The van der Waals surface area contributed by atoms with Crippen LogP contribution in [0, 0.1) is 17.8 Å². The molecule has 0 heterocycles.